The lowest BCUT2D eigenvalue weighted by molar-refractivity contribution is 0.639. The Balaban J connectivity index is 2.01. The first-order valence-electron chi connectivity index (χ1n) is 7.98. The van der Waals surface area contributed by atoms with Crippen molar-refractivity contribution in [2.75, 3.05) is 4.90 Å². The number of nitrogens with zero attached hydrogens (tertiary/aromatic N) is 1. The Bertz CT molecular complexity index is 781. The molecule has 0 saturated carbocycles. The van der Waals surface area contributed by atoms with Gasteiger partial charge in [-0.1, -0.05) is 49.1 Å². The van der Waals surface area contributed by atoms with Crippen LogP contribution in [0, 0.1) is 0 Å². The molecule has 0 atom stereocenters. The maximum absolute atomic E-state index is 4.45. The molecule has 0 saturated heterocycles. The Kier molecular flexibility index (Phi) is 2.80. The molecule has 0 unspecified atom stereocenters. The van der Waals surface area contributed by atoms with Crippen LogP contribution in [0.2, 0.25) is 0 Å². The monoisotopic (exact) mass is 287 g/mol. The summed E-state index contributed by atoms with van der Waals surface area (Å²) in [6.45, 7) is 8.99. The topological polar surface area (TPSA) is 3.24 Å². The fraction of sp³-hybridized carbons (Fsp3) is 0.238. The standard InChI is InChI=1S/C21H21N/c1-15-18-13-7-9-16-10-8-14-19(20(16)18)22(21(15,2)3)17-11-5-4-6-12-17/h4-7,9,11-14H,1,8,10H2,2-3H3. The lowest BCUT2D eigenvalue weighted by atomic mass is 9.75. The predicted octanol–water partition coefficient (Wildman–Crippen LogP) is 5.29. The second-order valence-corrected chi connectivity index (χ2v) is 6.68. The summed E-state index contributed by atoms with van der Waals surface area (Å²) in [6, 6.07) is 17.3. The fourth-order valence-electron chi connectivity index (χ4n) is 3.84. The Hall–Kier alpha value is -2.28. The first-order chi connectivity index (χ1) is 10.6. The van der Waals surface area contributed by atoms with Gasteiger partial charge in [0.05, 0.1) is 5.54 Å². The van der Waals surface area contributed by atoms with Gasteiger partial charge in [-0.3, -0.25) is 0 Å². The van der Waals surface area contributed by atoms with E-state index in [-0.39, 0.29) is 5.54 Å². The number of anilines is 1. The molecule has 1 heteroatoms. The maximum Gasteiger partial charge on any atom is 0.0646 e. The molecule has 4 rings (SSSR count). The number of allylic oxidation sites excluding steroid dienone is 1. The van der Waals surface area contributed by atoms with Gasteiger partial charge in [-0.15, -0.1) is 0 Å². The van der Waals surface area contributed by atoms with Gasteiger partial charge in [0.1, 0.15) is 0 Å². The van der Waals surface area contributed by atoms with Crippen molar-refractivity contribution in [3.05, 3.63) is 77.9 Å². The highest BCUT2D eigenvalue weighted by atomic mass is 15.2. The summed E-state index contributed by atoms with van der Waals surface area (Å²) >= 11 is 0. The smallest absolute Gasteiger partial charge is 0.0646 e. The minimum atomic E-state index is -0.129. The second kappa shape index (κ2) is 4.61. The van der Waals surface area contributed by atoms with Crippen molar-refractivity contribution in [2.24, 2.45) is 0 Å². The minimum absolute atomic E-state index is 0.129. The highest BCUT2D eigenvalue weighted by Crippen LogP contribution is 2.49. The minimum Gasteiger partial charge on any atom is -0.331 e. The van der Waals surface area contributed by atoms with Crippen molar-refractivity contribution >= 4 is 17.0 Å². The fourth-order valence-corrected chi connectivity index (χ4v) is 3.84. The molecule has 2 aliphatic rings. The van der Waals surface area contributed by atoms with Crippen LogP contribution >= 0.6 is 0 Å². The van der Waals surface area contributed by atoms with E-state index < -0.39 is 0 Å². The van der Waals surface area contributed by atoms with Crippen LogP contribution in [-0.2, 0) is 6.42 Å². The van der Waals surface area contributed by atoms with Crippen molar-refractivity contribution in [1.29, 1.82) is 0 Å². The molecule has 0 aromatic heterocycles. The summed E-state index contributed by atoms with van der Waals surface area (Å²) in [5, 5.41) is 0. The van der Waals surface area contributed by atoms with E-state index in [2.05, 4.69) is 79.9 Å². The molecule has 0 amide bonds. The van der Waals surface area contributed by atoms with Crippen LogP contribution < -0.4 is 4.90 Å². The number of rotatable bonds is 1. The van der Waals surface area contributed by atoms with E-state index in [9.17, 15) is 0 Å². The Labute approximate surface area is 132 Å². The van der Waals surface area contributed by atoms with E-state index >= 15 is 0 Å². The highest BCUT2D eigenvalue weighted by Gasteiger charge is 2.40. The molecular formula is C21H21N. The van der Waals surface area contributed by atoms with Crippen molar-refractivity contribution in [2.45, 2.75) is 32.2 Å². The summed E-state index contributed by atoms with van der Waals surface area (Å²) in [4.78, 5) is 2.46. The maximum atomic E-state index is 4.45. The second-order valence-electron chi connectivity index (χ2n) is 6.68. The normalized spacial score (nSPS) is 18.7. The molecule has 0 fully saturated rings. The van der Waals surface area contributed by atoms with Gasteiger partial charge >= 0.3 is 0 Å². The first kappa shape index (κ1) is 13.4. The summed E-state index contributed by atoms with van der Waals surface area (Å²) in [5.74, 6) is 0. The summed E-state index contributed by atoms with van der Waals surface area (Å²) in [6.07, 6.45) is 4.63. The van der Waals surface area contributed by atoms with Crippen molar-refractivity contribution in [3.63, 3.8) is 0 Å². The zero-order valence-electron chi connectivity index (χ0n) is 13.3. The Morgan fingerprint density at radius 2 is 1.77 bits per heavy atom. The molecule has 110 valence electrons. The van der Waals surface area contributed by atoms with Crippen LogP contribution in [0.5, 0.6) is 0 Å². The van der Waals surface area contributed by atoms with Crippen molar-refractivity contribution in [1.82, 2.24) is 0 Å². The molecule has 2 aromatic rings. The van der Waals surface area contributed by atoms with Crippen LogP contribution in [0.4, 0.5) is 5.69 Å². The summed E-state index contributed by atoms with van der Waals surface area (Å²) in [7, 11) is 0. The molecule has 22 heavy (non-hydrogen) atoms. The van der Waals surface area contributed by atoms with E-state index in [0.717, 1.165) is 12.8 Å². The van der Waals surface area contributed by atoms with Gasteiger partial charge in [0.25, 0.3) is 0 Å². The largest absolute Gasteiger partial charge is 0.331 e. The summed E-state index contributed by atoms with van der Waals surface area (Å²) in [5.41, 5.74) is 7.82. The van der Waals surface area contributed by atoms with Gasteiger partial charge in [0, 0.05) is 16.9 Å². The Morgan fingerprint density at radius 3 is 2.55 bits per heavy atom. The van der Waals surface area contributed by atoms with Gasteiger partial charge < -0.3 is 4.90 Å². The lowest BCUT2D eigenvalue weighted by Crippen LogP contribution is -2.47. The van der Waals surface area contributed by atoms with Crippen LogP contribution in [-0.4, -0.2) is 5.54 Å². The molecule has 2 aromatic carbocycles. The lowest BCUT2D eigenvalue weighted by Gasteiger charge is -2.49. The molecule has 0 spiro atoms. The zero-order chi connectivity index (χ0) is 15.3. The SMILES string of the molecule is C=C1c2cccc3c2C(=CCC3)N(c2ccccc2)C1(C)C. The van der Waals surface area contributed by atoms with E-state index in [0.29, 0.717) is 0 Å². The molecule has 0 radical (unpaired) electrons. The molecule has 1 nitrogen and oxygen atoms in total. The first-order valence-corrected chi connectivity index (χ1v) is 7.98. The van der Waals surface area contributed by atoms with E-state index in [1.54, 1.807) is 0 Å². The van der Waals surface area contributed by atoms with Gasteiger partial charge in [-0.25, -0.2) is 0 Å². The number of hydrogen-bond acceptors (Lipinski definition) is 1. The van der Waals surface area contributed by atoms with E-state index in [1.807, 2.05) is 0 Å². The van der Waals surface area contributed by atoms with Crippen molar-refractivity contribution < 1.29 is 0 Å². The number of hydrogen-bond donors (Lipinski definition) is 0. The number of benzene rings is 2. The third kappa shape index (κ3) is 1.72. The van der Waals surface area contributed by atoms with Crippen LogP contribution in [0.1, 0.15) is 37.0 Å². The predicted molar refractivity (Wildman–Crippen MR) is 94.8 cm³/mol. The Morgan fingerprint density at radius 1 is 1.00 bits per heavy atom. The van der Waals surface area contributed by atoms with Gasteiger partial charge in [0.2, 0.25) is 0 Å². The van der Waals surface area contributed by atoms with Crippen LogP contribution in [0.3, 0.4) is 0 Å². The number of para-hydroxylation sites is 1. The number of aryl methyl sites for hydroxylation is 1. The molecule has 1 aliphatic heterocycles. The van der Waals surface area contributed by atoms with Gasteiger partial charge in [-0.2, -0.15) is 0 Å². The summed E-state index contributed by atoms with van der Waals surface area (Å²) < 4.78 is 0. The molecule has 1 heterocycles. The molecule has 0 bridgehead atoms. The quantitative estimate of drug-likeness (QED) is 0.689. The highest BCUT2D eigenvalue weighted by molar-refractivity contribution is 5.98. The van der Waals surface area contributed by atoms with Crippen molar-refractivity contribution in [3.8, 4) is 0 Å². The van der Waals surface area contributed by atoms with Crippen LogP contribution in [0.15, 0.2) is 61.2 Å². The zero-order valence-corrected chi connectivity index (χ0v) is 13.3. The average Bonchev–Trinajstić information content (AvgIpc) is 2.54. The third-order valence-electron chi connectivity index (χ3n) is 5.04. The van der Waals surface area contributed by atoms with Gasteiger partial charge in [-0.05, 0) is 55.5 Å². The molecular weight excluding hydrogens is 266 g/mol. The molecule has 0 N–H and O–H groups in total. The van der Waals surface area contributed by atoms with Crippen LogP contribution in [0.25, 0.3) is 11.3 Å². The van der Waals surface area contributed by atoms with Gasteiger partial charge in [0.15, 0.2) is 0 Å². The average molecular weight is 287 g/mol. The molecule has 1 aliphatic carbocycles. The third-order valence-corrected chi connectivity index (χ3v) is 5.04. The van der Waals surface area contributed by atoms with E-state index in [4.69, 9.17) is 0 Å². The van der Waals surface area contributed by atoms with E-state index in [1.165, 1.54) is 33.6 Å².